The van der Waals surface area contributed by atoms with Gasteiger partial charge in [0.05, 0.1) is 30.1 Å². The number of ether oxygens (including phenoxy) is 3. The van der Waals surface area contributed by atoms with Crippen LogP contribution in [0.3, 0.4) is 0 Å². The van der Waals surface area contributed by atoms with Crippen LogP contribution in [-0.2, 0) is 28.6 Å². The van der Waals surface area contributed by atoms with Gasteiger partial charge in [0.25, 0.3) is 5.91 Å². The van der Waals surface area contributed by atoms with Gasteiger partial charge >= 0.3 is 6.09 Å². The third-order valence-electron chi connectivity index (χ3n) is 7.16. The zero-order valence-electron chi connectivity index (χ0n) is 24.9. The Hall–Kier alpha value is -3.98. The Morgan fingerprint density at radius 3 is 2.50 bits per heavy atom. The smallest absolute Gasteiger partial charge is 0.405 e. The van der Waals surface area contributed by atoms with E-state index >= 15 is 0 Å². The summed E-state index contributed by atoms with van der Waals surface area (Å²) < 4.78 is 16.5. The van der Waals surface area contributed by atoms with E-state index in [1.165, 1.54) is 33.3 Å². The number of allylic oxidation sites excluding steroid dienone is 4. The molecule has 5 N–H and O–H groups in total. The van der Waals surface area contributed by atoms with E-state index in [-0.39, 0.29) is 41.4 Å². The summed E-state index contributed by atoms with van der Waals surface area (Å²) >= 11 is 0. The highest BCUT2D eigenvalue weighted by molar-refractivity contribution is 6.23. The van der Waals surface area contributed by atoms with Crippen molar-refractivity contribution in [2.75, 3.05) is 20.8 Å². The van der Waals surface area contributed by atoms with Crippen molar-refractivity contribution >= 4 is 23.6 Å². The molecule has 0 saturated heterocycles. The molecule has 0 radical (unpaired) electrons. The number of hydrogen-bond acceptors (Lipinski definition) is 9. The second-order valence-corrected chi connectivity index (χ2v) is 10.5. The highest BCUT2D eigenvalue weighted by Crippen LogP contribution is 2.28. The number of nitrogens with two attached hydrogens (primary N) is 1. The Morgan fingerprint density at radius 1 is 1.21 bits per heavy atom. The molecule has 1 aliphatic heterocycles. The van der Waals surface area contributed by atoms with Gasteiger partial charge in [0, 0.05) is 37.4 Å². The number of aliphatic hydroxyl groups excluding tert-OH is 1. The van der Waals surface area contributed by atoms with Crippen molar-refractivity contribution in [2.45, 2.75) is 65.0 Å². The molecule has 0 unspecified atom stereocenters. The summed E-state index contributed by atoms with van der Waals surface area (Å²) in [5, 5.41) is 16.6. The van der Waals surface area contributed by atoms with Gasteiger partial charge in [-0.2, -0.15) is 0 Å². The van der Waals surface area contributed by atoms with Gasteiger partial charge in [-0.25, -0.2) is 4.79 Å². The van der Waals surface area contributed by atoms with E-state index in [9.17, 15) is 24.3 Å². The van der Waals surface area contributed by atoms with Crippen LogP contribution in [0.5, 0.6) is 0 Å². The summed E-state index contributed by atoms with van der Waals surface area (Å²) in [4.78, 5) is 51.2. The number of Topliss-reactive ketones (excluding diaryl/α,β-unsaturated/α-hetero) is 1. The molecule has 11 nitrogen and oxygen atoms in total. The Morgan fingerprint density at radius 2 is 1.90 bits per heavy atom. The molecule has 2 rings (SSSR count). The van der Waals surface area contributed by atoms with E-state index in [2.05, 4.69) is 16.6 Å². The first-order chi connectivity index (χ1) is 19.8. The molecule has 0 aromatic heterocycles. The predicted molar refractivity (Wildman–Crippen MR) is 156 cm³/mol. The molecule has 0 aromatic carbocycles. The lowest BCUT2D eigenvalue weighted by Crippen LogP contribution is -2.38. The van der Waals surface area contributed by atoms with Crippen molar-refractivity contribution < 1.29 is 38.5 Å². The zero-order chi connectivity index (χ0) is 31.6. The number of amides is 2. The number of carbonyl (C=O) groups is 4. The molecule has 1 aliphatic carbocycles. The lowest BCUT2D eigenvalue weighted by molar-refractivity contribution is -0.120. The number of ketones is 2. The van der Waals surface area contributed by atoms with Crippen LogP contribution in [0.15, 0.2) is 58.5 Å². The van der Waals surface area contributed by atoms with Gasteiger partial charge in [-0.15, -0.1) is 6.42 Å². The Labute approximate surface area is 246 Å². The fourth-order valence-corrected chi connectivity index (χ4v) is 4.92. The molecule has 6 atom stereocenters. The van der Waals surface area contributed by atoms with Gasteiger partial charge in [-0.3, -0.25) is 14.4 Å². The van der Waals surface area contributed by atoms with Crippen molar-refractivity contribution in [1.82, 2.24) is 10.6 Å². The summed E-state index contributed by atoms with van der Waals surface area (Å²) in [7, 11) is 2.90. The number of hydrogen-bond donors (Lipinski definition) is 4. The predicted octanol–water partition coefficient (Wildman–Crippen LogP) is 1.98. The minimum Gasteiger partial charge on any atom is -0.439 e. The van der Waals surface area contributed by atoms with E-state index in [1.807, 2.05) is 6.92 Å². The van der Waals surface area contributed by atoms with Gasteiger partial charge in [0.1, 0.15) is 6.10 Å². The normalized spacial score (nSPS) is 31.5. The van der Waals surface area contributed by atoms with Gasteiger partial charge in [-0.1, -0.05) is 44.1 Å². The Balaban J connectivity index is 2.62. The molecule has 0 fully saturated rings. The first kappa shape index (κ1) is 34.2. The van der Waals surface area contributed by atoms with Gasteiger partial charge in [-0.05, 0) is 38.2 Å². The molecule has 228 valence electrons. The quantitative estimate of drug-likeness (QED) is 0.215. The first-order valence-corrected chi connectivity index (χ1v) is 13.6. The molecule has 1 heterocycles. The first-order valence-electron chi connectivity index (χ1n) is 13.6. The van der Waals surface area contributed by atoms with Crippen LogP contribution in [-0.4, -0.2) is 73.9 Å². The van der Waals surface area contributed by atoms with E-state index in [0.29, 0.717) is 12.0 Å². The number of aliphatic hydroxyl groups is 1. The van der Waals surface area contributed by atoms with Crippen LogP contribution in [0.4, 0.5) is 4.79 Å². The van der Waals surface area contributed by atoms with Crippen molar-refractivity contribution in [3.63, 3.8) is 0 Å². The number of rotatable bonds is 5. The third kappa shape index (κ3) is 9.01. The number of carbonyl (C=O) groups excluding carboxylic acids is 4. The maximum atomic E-state index is 13.5. The molecule has 42 heavy (non-hydrogen) atoms. The lowest BCUT2D eigenvalue weighted by atomic mass is 9.85. The number of fused-ring (bicyclic) bond motifs is 2. The highest BCUT2D eigenvalue weighted by Gasteiger charge is 2.33. The number of nitrogens with one attached hydrogen (secondary N) is 2. The number of primary amides is 1. The average molecular weight is 584 g/mol. The van der Waals surface area contributed by atoms with Crippen molar-refractivity contribution in [1.29, 1.82) is 0 Å². The number of terminal acetylenes is 1. The van der Waals surface area contributed by atoms with Gasteiger partial charge in [0.15, 0.2) is 6.10 Å². The van der Waals surface area contributed by atoms with Crippen LogP contribution >= 0.6 is 0 Å². The Kier molecular flexibility index (Phi) is 12.9. The minimum atomic E-state index is -1.01. The molecule has 11 heteroatoms. The second-order valence-electron chi connectivity index (χ2n) is 10.5. The fraction of sp³-hybridized carbons (Fsp3) is 0.484. The fourth-order valence-electron chi connectivity index (χ4n) is 4.92. The molecule has 0 spiro atoms. The van der Waals surface area contributed by atoms with Crippen LogP contribution in [0.25, 0.3) is 0 Å². The largest absolute Gasteiger partial charge is 0.439 e. The monoisotopic (exact) mass is 583 g/mol. The molecular weight excluding hydrogens is 542 g/mol. The molecule has 2 aliphatic rings. The molecular formula is C31H41N3O8. The summed E-state index contributed by atoms with van der Waals surface area (Å²) in [5.74, 6) is 0.118. The molecule has 0 aromatic rings. The highest BCUT2D eigenvalue weighted by atomic mass is 16.6. The van der Waals surface area contributed by atoms with E-state index in [0.717, 1.165) is 6.08 Å². The number of methoxy groups -OCH3 is 2. The van der Waals surface area contributed by atoms with E-state index < -0.39 is 53.9 Å². The van der Waals surface area contributed by atoms with Crippen LogP contribution in [0, 0.1) is 24.2 Å². The van der Waals surface area contributed by atoms with Crippen LogP contribution in [0.2, 0.25) is 0 Å². The summed E-state index contributed by atoms with van der Waals surface area (Å²) in [6.45, 7) is 6.95. The van der Waals surface area contributed by atoms with Gasteiger partial charge < -0.3 is 35.7 Å². The summed E-state index contributed by atoms with van der Waals surface area (Å²) in [5.41, 5.74) is 6.25. The van der Waals surface area contributed by atoms with Gasteiger partial charge in [0.2, 0.25) is 11.6 Å². The zero-order valence-corrected chi connectivity index (χ0v) is 24.9. The van der Waals surface area contributed by atoms with Crippen molar-refractivity contribution in [2.24, 2.45) is 17.6 Å². The summed E-state index contributed by atoms with van der Waals surface area (Å²) in [6.07, 6.45) is 8.96. The summed E-state index contributed by atoms with van der Waals surface area (Å²) in [6, 6.07) is 0. The average Bonchev–Trinajstić information content (AvgIpc) is 2.94. The van der Waals surface area contributed by atoms with Crippen molar-refractivity contribution in [3.05, 3.63) is 58.5 Å². The molecule has 0 saturated carbocycles. The standard InChI is InChI=1S/C31H41N3O8/c1-8-12-33-26-21-13-17(2)14-25(41-7)27(36)19(4)15-20(5)29(42-31(32)39)24(40-6)11-9-10-18(3)30(38)34-22(28(21)37)16-23(26)35/h1,9-11,15-17,19,24-25,27,29,33,36H,12-14H2,2-7H3,(H2,32,39)(H,34,38)/b11-9-,18-10+,20-15+/t17-,19+,24+,25+,27-,29+/m1/s1. The second kappa shape index (κ2) is 15.9. The minimum absolute atomic E-state index is 0.0293. The maximum absolute atomic E-state index is 13.5. The van der Waals surface area contributed by atoms with E-state index in [1.54, 1.807) is 26.0 Å². The maximum Gasteiger partial charge on any atom is 0.405 e. The SMILES string of the molecule is C#CCNC1=C2C[C@@H](C)C[C@H](OC)[C@H](O)[C@@H](C)/C=C(\C)[C@H](OC(N)=O)[C@@H](OC)/C=C\C=C(/C)C(=O)NC(=CC1=O)C2=O. The topological polar surface area (TPSA) is 166 Å². The molecule has 2 amide bonds. The third-order valence-corrected chi connectivity index (χ3v) is 7.16. The van der Waals surface area contributed by atoms with Crippen LogP contribution < -0.4 is 16.4 Å². The van der Waals surface area contributed by atoms with Crippen LogP contribution in [0.1, 0.15) is 40.5 Å². The van der Waals surface area contributed by atoms with E-state index in [4.69, 9.17) is 26.4 Å². The Bertz CT molecular complexity index is 1250. The lowest BCUT2D eigenvalue weighted by Gasteiger charge is -2.30. The molecule has 2 bridgehead atoms. The van der Waals surface area contributed by atoms with Crippen molar-refractivity contribution in [3.8, 4) is 12.3 Å².